The molecule has 1 aliphatic carbocycles. The Labute approximate surface area is 139 Å². The molecular weight excluding hydrogens is 290 g/mol. The highest BCUT2D eigenvalue weighted by Gasteiger charge is 2.29. The predicted octanol–water partition coefficient (Wildman–Crippen LogP) is 4.18. The van der Waals surface area contributed by atoms with Crippen molar-refractivity contribution in [2.24, 2.45) is 5.92 Å². The monoisotopic (exact) mass is 319 g/mol. The van der Waals surface area contributed by atoms with Crippen molar-refractivity contribution in [3.05, 3.63) is 23.8 Å². The van der Waals surface area contributed by atoms with Gasteiger partial charge in [0, 0.05) is 11.6 Å². The summed E-state index contributed by atoms with van der Waals surface area (Å²) in [5.41, 5.74) is 0.618. The van der Waals surface area contributed by atoms with Gasteiger partial charge in [-0.25, -0.2) is 0 Å². The molecular formula is C19H29NO3. The van der Waals surface area contributed by atoms with Gasteiger partial charge in [-0.1, -0.05) is 26.2 Å². The van der Waals surface area contributed by atoms with Crippen LogP contribution in [0, 0.1) is 5.92 Å². The van der Waals surface area contributed by atoms with Gasteiger partial charge in [0.1, 0.15) is 0 Å². The highest BCUT2D eigenvalue weighted by molar-refractivity contribution is 5.95. The largest absolute Gasteiger partial charge is 0.493 e. The number of benzene rings is 1. The summed E-state index contributed by atoms with van der Waals surface area (Å²) in [5.74, 6) is 1.92. The van der Waals surface area contributed by atoms with E-state index >= 15 is 0 Å². The number of ether oxygens (including phenoxy) is 2. The first-order valence-electron chi connectivity index (χ1n) is 8.77. The number of hydrogen-bond acceptors (Lipinski definition) is 3. The Bertz CT molecular complexity index is 511. The van der Waals surface area contributed by atoms with Crippen molar-refractivity contribution in [1.82, 2.24) is 5.32 Å². The second-order valence-electron chi connectivity index (χ2n) is 6.37. The number of hydrogen-bond donors (Lipinski definition) is 1. The van der Waals surface area contributed by atoms with Crippen LogP contribution in [-0.2, 0) is 0 Å². The summed E-state index contributed by atoms with van der Waals surface area (Å²) in [6.07, 6.45) is 7.10. The molecule has 0 bridgehead atoms. The van der Waals surface area contributed by atoms with Gasteiger partial charge in [0.15, 0.2) is 11.5 Å². The van der Waals surface area contributed by atoms with Crippen molar-refractivity contribution in [2.75, 3.05) is 13.7 Å². The standard InChI is InChI=1S/C19H29NO3/c1-4-5-6-7-12-23-17-11-10-16(13-18(17)22-3)19(21)20-14(2)15-8-9-15/h10-11,13-15H,4-9,12H2,1-3H3,(H,20,21). The third kappa shape index (κ3) is 5.45. The van der Waals surface area contributed by atoms with Gasteiger partial charge >= 0.3 is 0 Å². The molecule has 1 fully saturated rings. The Morgan fingerprint density at radius 3 is 2.70 bits per heavy atom. The normalized spacial score (nSPS) is 15.1. The molecule has 0 aromatic heterocycles. The molecule has 0 saturated heterocycles. The van der Waals surface area contributed by atoms with Crippen molar-refractivity contribution in [3.8, 4) is 11.5 Å². The molecule has 1 unspecified atom stereocenters. The number of unbranched alkanes of at least 4 members (excludes halogenated alkanes) is 3. The van der Waals surface area contributed by atoms with E-state index in [1.165, 1.54) is 32.1 Å². The minimum absolute atomic E-state index is 0.0443. The summed E-state index contributed by atoms with van der Waals surface area (Å²) in [4.78, 5) is 12.3. The van der Waals surface area contributed by atoms with E-state index in [0.717, 1.165) is 6.42 Å². The molecule has 0 heterocycles. The van der Waals surface area contributed by atoms with E-state index in [0.29, 0.717) is 29.6 Å². The predicted molar refractivity (Wildman–Crippen MR) is 92.3 cm³/mol. The quantitative estimate of drug-likeness (QED) is 0.658. The second kappa shape index (κ2) is 8.80. The minimum atomic E-state index is -0.0443. The molecule has 2 rings (SSSR count). The molecule has 0 radical (unpaired) electrons. The Kier molecular flexibility index (Phi) is 6.75. The van der Waals surface area contributed by atoms with Crippen LogP contribution in [0.25, 0.3) is 0 Å². The zero-order valence-corrected chi connectivity index (χ0v) is 14.6. The highest BCUT2D eigenvalue weighted by atomic mass is 16.5. The van der Waals surface area contributed by atoms with Gasteiger partial charge in [0.2, 0.25) is 0 Å². The molecule has 4 heteroatoms. The first-order valence-corrected chi connectivity index (χ1v) is 8.77. The van der Waals surface area contributed by atoms with Crippen molar-refractivity contribution >= 4 is 5.91 Å². The maximum atomic E-state index is 12.3. The fourth-order valence-electron chi connectivity index (χ4n) is 2.64. The third-order valence-electron chi connectivity index (χ3n) is 4.37. The van der Waals surface area contributed by atoms with Crippen LogP contribution < -0.4 is 14.8 Å². The van der Waals surface area contributed by atoms with Gasteiger partial charge in [-0.2, -0.15) is 0 Å². The van der Waals surface area contributed by atoms with E-state index in [4.69, 9.17) is 9.47 Å². The summed E-state index contributed by atoms with van der Waals surface area (Å²) < 4.78 is 11.2. The summed E-state index contributed by atoms with van der Waals surface area (Å²) in [6.45, 7) is 4.94. The zero-order valence-electron chi connectivity index (χ0n) is 14.6. The van der Waals surface area contributed by atoms with Crippen LogP contribution in [0.1, 0.15) is 62.7 Å². The third-order valence-corrected chi connectivity index (χ3v) is 4.37. The Balaban J connectivity index is 1.90. The van der Waals surface area contributed by atoms with Gasteiger partial charge in [0.25, 0.3) is 5.91 Å². The summed E-state index contributed by atoms with van der Waals surface area (Å²) in [5, 5.41) is 3.06. The van der Waals surface area contributed by atoms with Crippen LogP contribution in [0.2, 0.25) is 0 Å². The molecule has 1 N–H and O–H groups in total. The number of rotatable bonds is 10. The smallest absolute Gasteiger partial charge is 0.251 e. The summed E-state index contributed by atoms with van der Waals surface area (Å²) >= 11 is 0. The fourth-order valence-corrected chi connectivity index (χ4v) is 2.64. The fraction of sp³-hybridized carbons (Fsp3) is 0.632. The number of carbonyl (C=O) groups is 1. The van der Waals surface area contributed by atoms with Crippen LogP contribution in [0.5, 0.6) is 11.5 Å². The van der Waals surface area contributed by atoms with Gasteiger partial charge < -0.3 is 14.8 Å². The molecule has 0 spiro atoms. The van der Waals surface area contributed by atoms with Crippen LogP contribution >= 0.6 is 0 Å². The van der Waals surface area contributed by atoms with Crippen LogP contribution in [0.15, 0.2) is 18.2 Å². The van der Waals surface area contributed by atoms with Crippen LogP contribution in [0.4, 0.5) is 0 Å². The maximum absolute atomic E-state index is 12.3. The van der Waals surface area contributed by atoms with E-state index in [9.17, 15) is 4.79 Å². The number of nitrogens with one attached hydrogen (secondary N) is 1. The van der Waals surface area contributed by atoms with E-state index in [1.54, 1.807) is 19.2 Å². The lowest BCUT2D eigenvalue weighted by molar-refractivity contribution is 0.0935. The van der Waals surface area contributed by atoms with Crippen LogP contribution in [0.3, 0.4) is 0 Å². The first-order chi connectivity index (χ1) is 11.2. The van der Waals surface area contributed by atoms with Gasteiger partial charge in [0.05, 0.1) is 13.7 Å². The van der Waals surface area contributed by atoms with Crippen molar-refractivity contribution in [3.63, 3.8) is 0 Å². The second-order valence-corrected chi connectivity index (χ2v) is 6.37. The molecule has 128 valence electrons. The molecule has 23 heavy (non-hydrogen) atoms. The average Bonchev–Trinajstić information content (AvgIpc) is 3.39. The molecule has 1 atom stereocenters. The van der Waals surface area contributed by atoms with Crippen molar-refractivity contribution < 1.29 is 14.3 Å². The van der Waals surface area contributed by atoms with Crippen molar-refractivity contribution in [2.45, 2.75) is 58.4 Å². The topological polar surface area (TPSA) is 47.6 Å². The summed E-state index contributed by atoms with van der Waals surface area (Å²) in [6, 6.07) is 5.63. The molecule has 4 nitrogen and oxygen atoms in total. The van der Waals surface area contributed by atoms with Gasteiger partial charge in [-0.05, 0) is 50.3 Å². The molecule has 1 aromatic rings. The van der Waals surface area contributed by atoms with Gasteiger partial charge in [-0.15, -0.1) is 0 Å². The first kappa shape index (κ1) is 17.6. The maximum Gasteiger partial charge on any atom is 0.251 e. The minimum Gasteiger partial charge on any atom is -0.493 e. The lowest BCUT2D eigenvalue weighted by Gasteiger charge is -2.15. The number of carbonyl (C=O) groups excluding carboxylic acids is 1. The van der Waals surface area contributed by atoms with E-state index < -0.39 is 0 Å². The zero-order chi connectivity index (χ0) is 16.7. The average molecular weight is 319 g/mol. The molecule has 0 aliphatic heterocycles. The van der Waals surface area contributed by atoms with Crippen LogP contribution in [-0.4, -0.2) is 25.7 Å². The van der Waals surface area contributed by atoms with E-state index in [1.807, 2.05) is 6.07 Å². The number of methoxy groups -OCH3 is 1. The lowest BCUT2D eigenvalue weighted by Crippen LogP contribution is -2.33. The lowest BCUT2D eigenvalue weighted by atomic mass is 10.1. The Morgan fingerprint density at radius 2 is 2.04 bits per heavy atom. The molecule has 1 saturated carbocycles. The Morgan fingerprint density at radius 1 is 1.26 bits per heavy atom. The number of amides is 1. The molecule has 1 aliphatic rings. The van der Waals surface area contributed by atoms with E-state index in [2.05, 4.69) is 19.2 Å². The van der Waals surface area contributed by atoms with E-state index in [-0.39, 0.29) is 11.9 Å². The van der Waals surface area contributed by atoms with Gasteiger partial charge in [-0.3, -0.25) is 4.79 Å². The Hall–Kier alpha value is -1.71. The molecule has 1 aromatic carbocycles. The highest BCUT2D eigenvalue weighted by Crippen LogP contribution is 2.33. The van der Waals surface area contributed by atoms with Crippen molar-refractivity contribution in [1.29, 1.82) is 0 Å². The molecule has 1 amide bonds. The summed E-state index contributed by atoms with van der Waals surface area (Å²) in [7, 11) is 1.60. The SMILES string of the molecule is CCCCCCOc1ccc(C(=O)NC(C)C2CC2)cc1OC.